The van der Waals surface area contributed by atoms with Crippen molar-refractivity contribution in [1.82, 2.24) is 15.0 Å². The molecule has 0 radical (unpaired) electrons. The van der Waals surface area contributed by atoms with Gasteiger partial charge in [-0.1, -0.05) is 17.7 Å². The third kappa shape index (κ3) is 3.03. The van der Waals surface area contributed by atoms with Crippen LogP contribution in [0.1, 0.15) is 23.5 Å². The summed E-state index contributed by atoms with van der Waals surface area (Å²) in [6, 6.07) is 6.94. The molecule has 1 aromatic heterocycles. The van der Waals surface area contributed by atoms with Crippen LogP contribution in [0.5, 0.6) is 5.75 Å². The van der Waals surface area contributed by atoms with Crippen molar-refractivity contribution < 1.29 is 14.7 Å². The van der Waals surface area contributed by atoms with E-state index in [0.717, 1.165) is 25.9 Å². The van der Waals surface area contributed by atoms with Crippen molar-refractivity contribution in [2.45, 2.75) is 12.8 Å². The number of carboxylic acids is 1. The number of para-hydroxylation sites is 1. The molecule has 7 heteroatoms. The molecule has 0 unspecified atom stereocenters. The fraction of sp³-hybridized carbons (Fsp3) is 0.267. The van der Waals surface area contributed by atoms with E-state index in [9.17, 15) is 4.79 Å². The Morgan fingerprint density at radius 3 is 2.77 bits per heavy atom. The third-order valence-electron chi connectivity index (χ3n) is 3.38. The number of aromatic carboxylic acids is 1. The largest absolute Gasteiger partial charge is 0.475 e. The lowest BCUT2D eigenvalue weighted by molar-refractivity contribution is -0.0339. The Bertz CT molecular complexity index is 702. The molecule has 6 nitrogen and oxygen atoms in total. The molecule has 3 rings (SSSR count). The molecule has 0 aliphatic carbocycles. The minimum absolute atomic E-state index is 0.260. The number of halogens is 1. The summed E-state index contributed by atoms with van der Waals surface area (Å²) in [7, 11) is 0. The van der Waals surface area contributed by atoms with E-state index >= 15 is 0 Å². The van der Waals surface area contributed by atoms with E-state index in [1.807, 2.05) is 5.06 Å². The van der Waals surface area contributed by atoms with Crippen LogP contribution in [0.3, 0.4) is 0 Å². The first-order chi connectivity index (χ1) is 10.6. The number of hydroxylamine groups is 2. The predicted octanol–water partition coefficient (Wildman–Crippen LogP) is 2.88. The Morgan fingerprint density at radius 1 is 1.27 bits per heavy atom. The Hall–Kier alpha value is -2.18. The lowest BCUT2D eigenvalue weighted by atomic mass is 10.1. The van der Waals surface area contributed by atoms with Gasteiger partial charge in [-0.15, -0.1) is 5.06 Å². The first kappa shape index (κ1) is 14.7. The molecular weight excluding hydrogens is 306 g/mol. The Kier molecular flexibility index (Phi) is 4.22. The molecule has 0 bridgehead atoms. The highest BCUT2D eigenvalue weighted by molar-refractivity contribution is 6.32. The van der Waals surface area contributed by atoms with E-state index in [4.69, 9.17) is 21.5 Å². The number of benzene rings is 1. The van der Waals surface area contributed by atoms with Gasteiger partial charge in [0.2, 0.25) is 5.82 Å². The fourth-order valence-corrected chi connectivity index (χ4v) is 2.53. The van der Waals surface area contributed by atoms with Gasteiger partial charge in [-0.25, -0.2) is 14.8 Å². The molecule has 1 saturated heterocycles. The summed E-state index contributed by atoms with van der Waals surface area (Å²) in [6.07, 6.45) is 3.57. The minimum Gasteiger partial charge on any atom is -0.475 e. The highest BCUT2D eigenvalue weighted by atomic mass is 35.5. The summed E-state index contributed by atoms with van der Waals surface area (Å²) in [4.78, 5) is 24.7. The first-order valence-electron chi connectivity index (χ1n) is 6.93. The zero-order chi connectivity index (χ0) is 15.5. The van der Waals surface area contributed by atoms with Crippen LogP contribution in [0, 0.1) is 0 Å². The van der Waals surface area contributed by atoms with Crippen molar-refractivity contribution in [3.8, 4) is 17.0 Å². The minimum atomic E-state index is -1.18. The van der Waals surface area contributed by atoms with Gasteiger partial charge in [0.25, 0.3) is 0 Å². The van der Waals surface area contributed by atoms with Gasteiger partial charge in [0.15, 0.2) is 5.75 Å². The molecule has 1 N–H and O–H groups in total. The molecule has 2 heterocycles. The van der Waals surface area contributed by atoms with Gasteiger partial charge in [-0.2, -0.15) is 0 Å². The maximum absolute atomic E-state index is 11.0. The van der Waals surface area contributed by atoms with Gasteiger partial charge in [0.1, 0.15) is 0 Å². The summed E-state index contributed by atoms with van der Waals surface area (Å²) < 4.78 is 0. The molecule has 22 heavy (non-hydrogen) atoms. The van der Waals surface area contributed by atoms with Crippen molar-refractivity contribution in [2.75, 3.05) is 13.1 Å². The third-order valence-corrected chi connectivity index (χ3v) is 3.67. The molecular formula is C15H14ClN3O3. The summed E-state index contributed by atoms with van der Waals surface area (Å²) in [5.41, 5.74) is 1.10. The average Bonchev–Trinajstić information content (AvgIpc) is 3.02. The van der Waals surface area contributed by atoms with Crippen molar-refractivity contribution in [3.05, 3.63) is 41.3 Å². The normalized spacial score (nSPS) is 15.0. The molecule has 2 aromatic rings. The number of aromatic nitrogens is 2. The lowest BCUT2D eigenvalue weighted by Gasteiger charge is -2.19. The van der Waals surface area contributed by atoms with Crippen LogP contribution in [0.15, 0.2) is 30.5 Å². The first-order valence-corrected chi connectivity index (χ1v) is 7.31. The van der Waals surface area contributed by atoms with Gasteiger partial charge in [0.05, 0.1) is 10.7 Å². The van der Waals surface area contributed by atoms with E-state index in [0.29, 0.717) is 22.0 Å². The summed E-state index contributed by atoms with van der Waals surface area (Å²) in [5.74, 6) is -0.948. The van der Waals surface area contributed by atoms with Crippen molar-refractivity contribution in [1.29, 1.82) is 0 Å². The standard InChI is InChI=1S/C15H14ClN3O3/c16-11-5-3-4-10(13(11)22-19-8-1-2-9-19)12-6-7-17-14(18-12)15(20)21/h3-7H,1-2,8-9H2,(H,20,21). The van der Waals surface area contributed by atoms with Crippen molar-refractivity contribution >= 4 is 17.6 Å². The Balaban J connectivity index is 2.00. The Labute approximate surface area is 132 Å². The monoisotopic (exact) mass is 319 g/mol. The lowest BCUT2D eigenvalue weighted by Crippen LogP contribution is -2.23. The van der Waals surface area contributed by atoms with Gasteiger partial charge >= 0.3 is 5.97 Å². The second kappa shape index (κ2) is 6.29. The molecule has 114 valence electrons. The molecule has 0 atom stereocenters. The van der Waals surface area contributed by atoms with E-state index in [1.165, 1.54) is 6.20 Å². The average molecular weight is 320 g/mol. The number of rotatable bonds is 4. The number of hydrogen-bond donors (Lipinski definition) is 1. The fourth-order valence-electron chi connectivity index (χ4n) is 2.32. The second-order valence-electron chi connectivity index (χ2n) is 4.91. The molecule has 1 aromatic carbocycles. The van der Waals surface area contributed by atoms with E-state index < -0.39 is 5.97 Å². The van der Waals surface area contributed by atoms with Crippen molar-refractivity contribution in [2.24, 2.45) is 0 Å². The molecule has 0 saturated carbocycles. The SMILES string of the molecule is O=C(O)c1nccc(-c2cccc(Cl)c2ON2CCCC2)n1. The van der Waals surface area contributed by atoms with Crippen molar-refractivity contribution in [3.63, 3.8) is 0 Å². The van der Waals surface area contributed by atoms with Gasteiger partial charge < -0.3 is 9.94 Å². The van der Waals surface area contributed by atoms with Gasteiger partial charge in [-0.05, 0) is 31.0 Å². The maximum atomic E-state index is 11.0. The van der Waals surface area contributed by atoms with Crippen LogP contribution in [-0.2, 0) is 0 Å². The summed E-state index contributed by atoms with van der Waals surface area (Å²) in [6.45, 7) is 1.68. The maximum Gasteiger partial charge on any atom is 0.373 e. The van der Waals surface area contributed by atoms with Crippen LogP contribution in [0.2, 0.25) is 5.02 Å². The van der Waals surface area contributed by atoms with Crippen LogP contribution in [0.4, 0.5) is 0 Å². The quantitative estimate of drug-likeness (QED) is 0.934. The highest BCUT2D eigenvalue weighted by Gasteiger charge is 2.19. The zero-order valence-electron chi connectivity index (χ0n) is 11.7. The summed E-state index contributed by atoms with van der Waals surface area (Å²) >= 11 is 6.25. The van der Waals surface area contributed by atoms with E-state index in [1.54, 1.807) is 24.3 Å². The highest BCUT2D eigenvalue weighted by Crippen LogP contribution is 2.36. The molecule has 0 amide bonds. The van der Waals surface area contributed by atoms with Crippen LogP contribution in [0.25, 0.3) is 11.3 Å². The van der Waals surface area contributed by atoms with Crippen LogP contribution >= 0.6 is 11.6 Å². The van der Waals surface area contributed by atoms with Gasteiger partial charge in [-0.3, -0.25) is 0 Å². The van der Waals surface area contributed by atoms with E-state index in [-0.39, 0.29) is 5.82 Å². The van der Waals surface area contributed by atoms with E-state index in [2.05, 4.69) is 9.97 Å². The summed E-state index contributed by atoms with van der Waals surface area (Å²) in [5, 5.41) is 11.3. The molecule has 1 fully saturated rings. The smallest absolute Gasteiger partial charge is 0.373 e. The van der Waals surface area contributed by atoms with Crippen LogP contribution in [-0.4, -0.2) is 39.2 Å². The topological polar surface area (TPSA) is 75.6 Å². The molecule has 1 aliphatic rings. The van der Waals surface area contributed by atoms with Crippen LogP contribution < -0.4 is 4.84 Å². The zero-order valence-corrected chi connectivity index (χ0v) is 12.5. The molecule has 1 aliphatic heterocycles. The molecule has 0 spiro atoms. The number of nitrogens with zero attached hydrogens (tertiary/aromatic N) is 3. The van der Waals surface area contributed by atoms with Gasteiger partial charge in [0, 0.05) is 24.8 Å². The number of carbonyl (C=O) groups is 1. The number of carboxylic acid groups (broad SMARTS) is 1. The number of hydrogen-bond acceptors (Lipinski definition) is 5. The predicted molar refractivity (Wildman–Crippen MR) is 80.9 cm³/mol. The Morgan fingerprint density at radius 2 is 2.05 bits per heavy atom. The second-order valence-corrected chi connectivity index (χ2v) is 5.32.